The van der Waals surface area contributed by atoms with E-state index in [0.29, 0.717) is 0 Å². The molecule has 6 heteroatoms. The minimum atomic E-state index is 0. The minimum absolute atomic E-state index is 0. The molecule has 2 aliphatic rings. The summed E-state index contributed by atoms with van der Waals surface area (Å²) in [5, 5.41) is 3.61. The van der Waals surface area contributed by atoms with Crippen LogP contribution < -0.4 is 5.32 Å². The Morgan fingerprint density at radius 3 is 3.20 bits per heavy atom. The van der Waals surface area contributed by atoms with E-state index in [4.69, 9.17) is 0 Å². The van der Waals surface area contributed by atoms with Crippen molar-refractivity contribution < 1.29 is 0 Å². The average molecular weight is 294 g/mol. The molecule has 2 saturated heterocycles. The Morgan fingerprint density at radius 1 is 1.35 bits per heavy atom. The van der Waals surface area contributed by atoms with Gasteiger partial charge in [0.05, 0.1) is 5.69 Å². The lowest BCUT2D eigenvalue weighted by Gasteiger charge is -2.34. The highest BCUT2D eigenvalue weighted by molar-refractivity contribution is 5.85. The summed E-state index contributed by atoms with van der Waals surface area (Å²) in [6.07, 6.45) is 8.50. The van der Waals surface area contributed by atoms with Gasteiger partial charge in [0.15, 0.2) is 0 Å². The van der Waals surface area contributed by atoms with Crippen LogP contribution in [0.1, 0.15) is 18.5 Å². The molecule has 2 atom stereocenters. The molecule has 0 radical (unpaired) electrons. The van der Waals surface area contributed by atoms with E-state index in [1.165, 1.54) is 32.5 Å². The van der Waals surface area contributed by atoms with Gasteiger partial charge in [-0.15, -0.1) is 12.4 Å². The summed E-state index contributed by atoms with van der Waals surface area (Å²) in [6.45, 7) is 4.53. The molecule has 0 saturated carbocycles. The van der Waals surface area contributed by atoms with Crippen molar-refractivity contribution in [1.82, 2.24) is 24.6 Å². The largest absolute Gasteiger partial charge is 0.314 e. The Morgan fingerprint density at radius 2 is 2.30 bits per heavy atom. The van der Waals surface area contributed by atoms with Crippen LogP contribution in [0, 0.1) is 5.92 Å². The van der Waals surface area contributed by atoms with Crippen molar-refractivity contribution >= 4 is 18.2 Å². The number of aromatic nitrogens is 3. The van der Waals surface area contributed by atoms with E-state index in [0.717, 1.165) is 30.0 Å². The van der Waals surface area contributed by atoms with Crippen LogP contribution >= 0.6 is 12.4 Å². The van der Waals surface area contributed by atoms with E-state index in [1.807, 2.05) is 16.7 Å². The number of hydrogen-bond acceptors (Lipinski definition) is 4. The molecule has 2 aromatic heterocycles. The zero-order chi connectivity index (χ0) is 12.7. The summed E-state index contributed by atoms with van der Waals surface area (Å²) in [4.78, 5) is 11.4. The lowest BCUT2D eigenvalue weighted by molar-refractivity contribution is 0.154. The summed E-state index contributed by atoms with van der Waals surface area (Å²) in [5.74, 6) is 1.64. The summed E-state index contributed by atoms with van der Waals surface area (Å²) in [7, 11) is 0. The number of fused-ring (bicyclic) bond motifs is 2. The highest BCUT2D eigenvalue weighted by Gasteiger charge is 2.32. The smallest absolute Gasteiger partial charge is 0.233 e. The molecule has 0 bridgehead atoms. The fraction of sp³-hybridized carbons (Fsp3) is 0.571. The molecule has 1 N–H and O–H groups in total. The van der Waals surface area contributed by atoms with Gasteiger partial charge >= 0.3 is 0 Å². The maximum absolute atomic E-state index is 4.59. The third kappa shape index (κ3) is 2.53. The van der Waals surface area contributed by atoms with Crippen LogP contribution in [0.15, 0.2) is 24.7 Å². The number of imidazole rings is 1. The van der Waals surface area contributed by atoms with Gasteiger partial charge in [-0.25, -0.2) is 9.97 Å². The Labute approximate surface area is 124 Å². The van der Waals surface area contributed by atoms with Crippen molar-refractivity contribution in [3.8, 4) is 0 Å². The first-order valence-electron chi connectivity index (χ1n) is 7.13. The van der Waals surface area contributed by atoms with Gasteiger partial charge in [-0.2, -0.15) is 0 Å². The van der Waals surface area contributed by atoms with Gasteiger partial charge in [0.25, 0.3) is 0 Å². The number of hydrogen-bond donors (Lipinski definition) is 1. The molecule has 0 aromatic carbocycles. The third-order valence-electron chi connectivity index (χ3n) is 4.41. The Kier molecular flexibility index (Phi) is 3.92. The number of rotatable bonds is 2. The maximum Gasteiger partial charge on any atom is 0.233 e. The fourth-order valence-corrected chi connectivity index (χ4v) is 3.45. The molecule has 2 unspecified atom stereocenters. The van der Waals surface area contributed by atoms with Crippen molar-refractivity contribution in [3.05, 3.63) is 30.4 Å². The molecule has 2 aromatic rings. The molecule has 2 aliphatic heterocycles. The molecule has 0 aliphatic carbocycles. The normalized spacial score (nSPS) is 26.4. The Bertz CT molecular complexity index is 551. The van der Waals surface area contributed by atoms with Crippen LogP contribution in [0.4, 0.5) is 0 Å². The van der Waals surface area contributed by atoms with E-state index in [2.05, 4.69) is 26.4 Å². The lowest BCUT2D eigenvalue weighted by atomic mass is 9.93. The molecule has 5 nitrogen and oxygen atoms in total. The van der Waals surface area contributed by atoms with Crippen molar-refractivity contribution in [2.75, 3.05) is 19.6 Å². The highest BCUT2D eigenvalue weighted by atomic mass is 35.5. The van der Waals surface area contributed by atoms with Gasteiger partial charge in [-0.1, -0.05) is 0 Å². The molecule has 4 heterocycles. The van der Waals surface area contributed by atoms with Crippen molar-refractivity contribution in [2.45, 2.75) is 25.4 Å². The Hall–Kier alpha value is -1.17. The SMILES string of the molecule is Cl.c1cnc2nc(CN3CCC4NCCC4C3)cn2c1. The van der Waals surface area contributed by atoms with Crippen molar-refractivity contribution in [2.24, 2.45) is 5.92 Å². The van der Waals surface area contributed by atoms with Gasteiger partial charge in [-0.05, 0) is 31.4 Å². The summed E-state index contributed by atoms with van der Waals surface area (Å²) < 4.78 is 2.00. The minimum Gasteiger partial charge on any atom is -0.314 e. The number of nitrogens with one attached hydrogen (secondary N) is 1. The second kappa shape index (κ2) is 5.68. The second-order valence-corrected chi connectivity index (χ2v) is 5.69. The van der Waals surface area contributed by atoms with E-state index in [-0.39, 0.29) is 12.4 Å². The predicted octanol–water partition coefficient (Wildman–Crippen LogP) is 1.33. The van der Waals surface area contributed by atoms with Crippen LogP contribution in [-0.2, 0) is 6.54 Å². The zero-order valence-corrected chi connectivity index (χ0v) is 12.2. The number of piperidine rings is 1. The molecule has 0 amide bonds. The van der Waals surface area contributed by atoms with Gasteiger partial charge in [0.2, 0.25) is 5.78 Å². The first-order chi connectivity index (χ1) is 9.38. The van der Waals surface area contributed by atoms with Crippen molar-refractivity contribution in [1.29, 1.82) is 0 Å². The molecule has 108 valence electrons. The maximum atomic E-state index is 4.59. The number of likely N-dealkylation sites (tertiary alicyclic amines) is 1. The van der Waals surface area contributed by atoms with Crippen LogP contribution in [-0.4, -0.2) is 44.9 Å². The van der Waals surface area contributed by atoms with Crippen LogP contribution in [0.2, 0.25) is 0 Å². The van der Waals surface area contributed by atoms with Crippen molar-refractivity contribution in [3.63, 3.8) is 0 Å². The predicted molar refractivity (Wildman–Crippen MR) is 80.0 cm³/mol. The quantitative estimate of drug-likeness (QED) is 0.907. The average Bonchev–Trinajstić information content (AvgIpc) is 3.03. The van der Waals surface area contributed by atoms with Gasteiger partial charge in [-0.3, -0.25) is 9.30 Å². The number of nitrogens with zero attached hydrogens (tertiary/aromatic N) is 4. The highest BCUT2D eigenvalue weighted by Crippen LogP contribution is 2.25. The fourth-order valence-electron chi connectivity index (χ4n) is 3.45. The molecule has 20 heavy (non-hydrogen) atoms. The van der Waals surface area contributed by atoms with Gasteiger partial charge < -0.3 is 5.32 Å². The number of halogens is 1. The summed E-state index contributed by atoms with van der Waals surface area (Å²) >= 11 is 0. The lowest BCUT2D eigenvalue weighted by Crippen LogP contribution is -2.43. The molecular weight excluding hydrogens is 274 g/mol. The first-order valence-corrected chi connectivity index (χ1v) is 7.13. The van der Waals surface area contributed by atoms with Gasteiger partial charge in [0, 0.05) is 44.3 Å². The second-order valence-electron chi connectivity index (χ2n) is 5.69. The van der Waals surface area contributed by atoms with Gasteiger partial charge in [0.1, 0.15) is 0 Å². The summed E-state index contributed by atoms with van der Waals surface area (Å²) in [6, 6.07) is 2.70. The first kappa shape index (κ1) is 13.8. The molecular formula is C14H20ClN5. The van der Waals surface area contributed by atoms with E-state index >= 15 is 0 Å². The standard InChI is InChI=1S/C14H19N5.ClH/c1-4-16-14-17-12(10-19(14)6-1)9-18-7-3-13-11(8-18)2-5-15-13;/h1,4,6,10-11,13,15H,2-3,5,7-9H2;1H. The van der Waals surface area contributed by atoms with Crippen LogP contribution in [0.5, 0.6) is 0 Å². The molecule has 4 rings (SSSR count). The molecule has 2 fully saturated rings. The monoisotopic (exact) mass is 293 g/mol. The zero-order valence-electron chi connectivity index (χ0n) is 11.4. The van der Waals surface area contributed by atoms with E-state index in [1.54, 1.807) is 6.20 Å². The molecule has 0 spiro atoms. The third-order valence-corrected chi connectivity index (χ3v) is 4.41. The van der Waals surface area contributed by atoms with Crippen LogP contribution in [0.25, 0.3) is 5.78 Å². The van der Waals surface area contributed by atoms with E-state index < -0.39 is 0 Å². The van der Waals surface area contributed by atoms with Crippen LogP contribution in [0.3, 0.4) is 0 Å². The topological polar surface area (TPSA) is 45.5 Å². The van der Waals surface area contributed by atoms with E-state index in [9.17, 15) is 0 Å². The Balaban J connectivity index is 0.00000121. The summed E-state index contributed by atoms with van der Waals surface area (Å²) in [5.41, 5.74) is 1.13.